The van der Waals surface area contributed by atoms with E-state index in [-0.39, 0.29) is 29.0 Å². The number of rotatable bonds is 1. The largest absolute Gasteiger partial charge is 0.494 e. The van der Waals surface area contributed by atoms with E-state index in [0.717, 1.165) is 36.8 Å². The summed E-state index contributed by atoms with van der Waals surface area (Å²) in [5.74, 6) is 0.303. The van der Waals surface area contributed by atoms with E-state index in [4.69, 9.17) is 0 Å². The average molecular weight is 301 g/mol. The zero-order valence-corrected chi connectivity index (χ0v) is 12.0. The summed E-state index contributed by atoms with van der Waals surface area (Å²) in [5.41, 5.74) is 1.77. The molecule has 0 aliphatic heterocycles. The Morgan fingerprint density at radius 1 is 1.14 bits per heavy atom. The van der Waals surface area contributed by atoms with E-state index in [2.05, 4.69) is 15.1 Å². The highest BCUT2D eigenvalue weighted by molar-refractivity contribution is 5.51. The molecule has 8 heteroatoms. The van der Waals surface area contributed by atoms with Crippen molar-refractivity contribution in [2.24, 2.45) is 0 Å². The van der Waals surface area contributed by atoms with E-state index in [1.807, 2.05) is 0 Å². The summed E-state index contributed by atoms with van der Waals surface area (Å²) in [6.45, 7) is 1.71. The standard InChI is InChI=1S/C14H15N5O3/c1-7-6-10(20)19-13(15-7)16-14(17-19)18-11(21)8-4-2-3-5-9(8)12(18)22/h6,21-22H,2-5H2,1H3,(H,15,16,17). The molecule has 3 heterocycles. The zero-order chi connectivity index (χ0) is 15.4. The first-order chi connectivity index (χ1) is 10.6. The zero-order valence-electron chi connectivity index (χ0n) is 12.0. The summed E-state index contributed by atoms with van der Waals surface area (Å²) in [7, 11) is 0. The average Bonchev–Trinajstić information content (AvgIpc) is 3.00. The minimum absolute atomic E-state index is 0.0315. The van der Waals surface area contributed by atoms with Crippen molar-refractivity contribution < 1.29 is 10.2 Å². The van der Waals surface area contributed by atoms with E-state index in [1.165, 1.54) is 15.1 Å². The summed E-state index contributed by atoms with van der Waals surface area (Å²) in [6.07, 6.45) is 3.40. The SMILES string of the molecule is Cc1cc(=O)n2[nH]c(-n3c(O)c4c(c3O)CCCC4)nc2n1. The van der Waals surface area contributed by atoms with Gasteiger partial charge in [-0.25, -0.2) is 9.55 Å². The van der Waals surface area contributed by atoms with Crippen LogP contribution >= 0.6 is 0 Å². The van der Waals surface area contributed by atoms with Crippen LogP contribution in [0.4, 0.5) is 0 Å². The topological polar surface area (TPSA) is 108 Å². The van der Waals surface area contributed by atoms with Gasteiger partial charge in [0, 0.05) is 22.9 Å². The number of hydrogen-bond acceptors (Lipinski definition) is 5. The summed E-state index contributed by atoms with van der Waals surface area (Å²) in [6, 6.07) is 1.38. The van der Waals surface area contributed by atoms with Crippen molar-refractivity contribution >= 4 is 5.78 Å². The van der Waals surface area contributed by atoms with Crippen LogP contribution in [-0.2, 0) is 12.8 Å². The molecular weight excluding hydrogens is 286 g/mol. The molecule has 0 unspecified atom stereocenters. The van der Waals surface area contributed by atoms with E-state index >= 15 is 0 Å². The van der Waals surface area contributed by atoms with Crippen LogP contribution in [0.3, 0.4) is 0 Å². The molecule has 114 valence electrons. The first-order valence-corrected chi connectivity index (χ1v) is 7.17. The van der Waals surface area contributed by atoms with E-state index in [1.54, 1.807) is 6.92 Å². The van der Waals surface area contributed by atoms with Crippen molar-refractivity contribution in [2.45, 2.75) is 32.6 Å². The van der Waals surface area contributed by atoms with Crippen LogP contribution in [0, 0.1) is 6.92 Å². The molecule has 0 atom stereocenters. The number of aromatic nitrogens is 5. The Kier molecular flexibility index (Phi) is 2.56. The molecule has 0 saturated heterocycles. The molecule has 1 aliphatic carbocycles. The molecule has 0 fully saturated rings. The van der Waals surface area contributed by atoms with Gasteiger partial charge >= 0.3 is 0 Å². The van der Waals surface area contributed by atoms with Gasteiger partial charge in [0.05, 0.1) is 0 Å². The molecule has 0 spiro atoms. The highest BCUT2D eigenvalue weighted by atomic mass is 16.3. The second-order valence-corrected chi connectivity index (χ2v) is 5.57. The van der Waals surface area contributed by atoms with Gasteiger partial charge in [-0.05, 0) is 32.6 Å². The molecule has 0 saturated carbocycles. The van der Waals surface area contributed by atoms with Crippen molar-refractivity contribution in [1.82, 2.24) is 24.1 Å². The fourth-order valence-electron chi connectivity index (χ4n) is 3.05. The maximum atomic E-state index is 11.9. The smallest absolute Gasteiger partial charge is 0.274 e. The number of nitrogens with one attached hydrogen (secondary N) is 1. The Morgan fingerprint density at radius 2 is 1.77 bits per heavy atom. The first kappa shape index (κ1) is 12.9. The second kappa shape index (κ2) is 4.36. The van der Waals surface area contributed by atoms with Crippen molar-refractivity contribution in [3.8, 4) is 17.7 Å². The van der Waals surface area contributed by atoms with E-state index < -0.39 is 0 Å². The molecule has 0 radical (unpaired) electrons. The first-order valence-electron chi connectivity index (χ1n) is 7.17. The van der Waals surface area contributed by atoms with E-state index in [9.17, 15) is 15.0 Å². The lowest BCUT2D eigenvalue weighted by atomic mass is 9.95. The third-order valence-corrected chi connectivity index (χ3v) is 4.09. The van der Waals surface area contributed by atoms with Crippen LogP contribution in [0.15, 0.2) is 10.9 Å². The lowest BCUT2D eigenvalue weighted by molar-refractivity contribution is 0.396. The molecule has 8 nitrogen and oxygen atoms in total. The highest BCUT2D eigenvalue weighted by Crippen LogP contribution is 2.39. The highest BCUT2D eigenvalue weighted by Gasteiger charge is 2.26. The van der Waals surface area contributed by atoms with Gasteiger partial charge in [0.25, 0.3) is 11.3 Å². The quantitative estimate of drug-likeness (QED) is 0.616. The minimum atomic E-state index is -0.294. The van der Waals surface area contributed by atoms with Gasteiger partial charge in [-0.3, -0.25) is 9.89 Å². The number of fused-ring (bicyclic) bond motifs is 2. The predicted octanol–water partition coefficient (Wildman–Crippen LogP) is 0.807. The van der Waals surface area contributed by atoms with Gasteiger partial charge in [-0.1, -0.05) is 0 Å². The van der Waals surface area contributed by atoms with Crippen LogP contribution in [0.2, 0.25) is 0 Å². The fraction of sp³-hybridized carbons (Fsp3) is 0.357. The molecule has 3 aromatic heterocycles. The number of aromatic hydroxyl groups is 2. The predicted molar refractivity (Wildman–Crippen MR) is 77.6 cm³/mol. The molecule has 3 N–H and O–H groups in total. The molecule has 1 aliphatic rings. The van der Waals surface area contributed by atoms with Crippen LogP contribution in [0.25, 0.3) is 11.7 Å². The lowest BCUT2D eigenvalue weighted by Crippen LogP contribution is -2.14. The van der Waals surface area contributed by atoms with Gasteiger partial charge in [0.15, 0.2) is 0 Å². The van der Waals surface area contributed by atoms with Crippen LogP contribution in [0.5, 0.6) is 11.8 Å². The Bertz CT molecular complexity index is 920. The van der Waals surface area contributed by atoms with Gasteiger partial charge < -0.3 is 10.2 Å². The van der Waals surface area contributed by atoms with Crippen LogP contribution in [-0.4, -0.2) is 34.4 Å². The van der Waals surface area contributed by atoms with Crippen molar-refractivity contribution in [2.75, 3.05) is 0 Å². The Hall–Kier alpha value is -2.77. The van der Waals surface area contributed by atoms with Gasteiger partial charge in [0.2, 0.25) is 17.7 Å². The van der Waals surface area contributed by atoms with Crippen LogP contribution < -0.4 is 5.56 Å². The number of hydrogen-bond donors (Lipinski definition) is 3. The lowest BCUT2D eigenvalue weighted by Gasteiger charge is -2.09. The van der Waals surface area contributed by atoms with E-state index in [0.29, 0.717) is 5.69 Å². The molecule has 0 amide bonds. The number of aromatic amines is 1. The van der Waals surface area contributed by atoms with Gasteiger partial charge in [-0.15, -0.1) is 0 Å². The van der Waals surface area contributed by atoms with Crippen molar-refractivity contribution in [3.63, 3.8) is 0 Å². The molecule has 3 aromatic rings. The normalized spacial score (nSPS) is 14.4. The molecule has 22 heavy (non-hydrogen) atoms. The number of aryl methyl sites for hydroxylation is 1. The van der Waals surface area contributed by atoms with Gasteiger partial charge in [-0.2, -0.15) is 9.50 Å². The second-order valence-electron chi connectivity index (χ2n) is 5.57. The maximum absolute atomic E-state index is 11.9. The van der Waals surface area contributed by atoms with Crippen molar-refractivity contribution in [3.05, 3.63) is 33.2 Å². The Labute approximate surface area is 124 Å². The summed E-state index contributed by atoms with van der Waals surface area (Å²) < 4.78 is 2.42. The molecule has 0 bridgehead atoms. The monoisotopic (exact) mass is 301 g/mol. The molecule has 0 aromatic carbocycles. The third kappa shape index (κ3) is 1.66. The number of nitrogens with zero attached hydrogens (tertiary/aromatic N) is 4. The van der Waals surface area contributed by atoms with Gasteiger partial charge in [0.1, 0.15) is 0 Å². The summed E-state index contributed by atoms with van der Waals surface area (Å²) >= 11 is 0. The summed E-state index contributed by atoms with van der Waals surface area (Å²) in [4.78, 5) is 20.3. The fourth-order valence-corrected chi connectivity index (χ4v) is 3.05. The number of H-pyrrole nitrogens is 1. The van der Waals surface area contributed by atoms with Crippen molar-refractivity contribution in [1.29, 1.82) is 0 Å². The molecule has 4 rings (SSSR count). The van der Waals surface area contributed by atoms with Crippen LogP contribution in [0.1, 0.15) is 29.7 Å². The maximum Gasteiger partial charge on any atom is 0.274 e. The Morgan fingerprint density at radius 3 is 2.41 bits per heavy atom. The Balaban J connectivity index is 1.98. The summed E-state index contributed by atoms with van der Waals surface area (Å²) in [5, 5.41) is 23.6. The minimum Gasteiger partial charge on any atom is -0.494 e. The third-order valence-electron chi connectivity index (χ3n) is 4.09. The molecular formula is C14H15N5O3.